The molecule has 0 aliphatic heterocycles. The summed E-state index contributed by atoms with van der Waals surface area (Å²) >= 11 is 3.86. The van der Waals surface area contributed by atoms with Gasteiger partial charge in [-0.2, -0.15) is 12.6 Å². The molecular formula is C6H10O3S. The molecule has 0 radical (unpaired) electrons. The van der Waals surface area contributed by atoms with Gasteiger partial charge in [0.1, 0.15) is 11.0 Å². The molecule has 4 heteroatoms. The van der Waals surface area contributed by atoms with Crippen LogP contribution in [0.25, 0.3) is 0 Å². The first-order valence-electron chi connectivity index (χ1n) is 2.96. The van der Waals surface area contributed by atoms with Crippen LogP contribution in [0.15, 0.2) is 0 Å². The Morgan fingerprint density at radius 3 is 2.40 bits per heavy atom. The molecule has 0 heterocycles. The highest BCUT2D eigenvalue weighted by Gasteiger charge is 2.31. The number of aldehydes is 1. The van der Waals surface area contributed by atoms with Crippen molar-refractivity contribution in [1.82, 2.24) is 0 Å². The Morgan fingerprint density at radius 2 is 2.30 bits per heavy atom. The number of aliphatic carboxylic acids is 1. The van der Waals surface area contributed by atoms with Crippen LogP contribution in [-0.2, 0) is 9.59 Å². The van der Waals surface area contributed by atoms with E-state index in [0.29, 0.717) is 12.7 Å². The summed E-state index contributed by atoms with van der Waals surface area (Å²) in [5.41, 5.74) is 0. The third-order valence-corrected chi connectivity index (χ3v) is 2.09. The fourth-order valence-corrected chi connectivity index (χ4v) is 0.595. The van der Waals surface area contributed by atoms with E-state index in [2.05, 4.69) is 12.6 Å². The zero-order valence-electron chi connectivity index (χ0n) is 5.70. The number of thiol groups is 1. The fraction of sp³-hybridized carbons (Fsp3) is 0.667. The first-order chi connectivity index (χ1) is 4.56. The topological polar surface area (TPSA) is 54.4 Å². The van der Waals surface area contributed by atoms with Crippen LogP contribution < -0.4 is 0 Å². The van der Waals surface area contributed by atoms with Crippen molar-refractivity contribution < 1.29 is 14.7 Å². The highest BCUT2D eigenvalue weighted by atomic mass is 32.1. The van der Waals surface area contributed by atoms with E-state index >= 15 is 0 Å². The first kappa shape index (κ1) is 9.49. The van der Waals surface area contributed by atoms with Gasteiger partial charge in [0, 0.05) is 6.42 Å². The third-order valence-electron chi connectivity index (χ3n) is 1.40. The third kappa shape index (κ3) is 2.02. The van der Waals surface area contributed by atoms with Gasteiger partial charge >= 0.3 is 5.97 Å². The molecule has 0 saturated heterocycles. The lowest BCUT2D eigenvalue weighted by Gasteiger charge is -2.17. The predicted octanol–water partition coefficient (Wildman–Crippen LogP) is 0.739. The SMILES string of the molecule is CCC(S)(CC=O)C(=O)O. The van der Waals surface area contributed by atoms with Gasteiger partial charge in [0.25, 0.3) is 0 Å². The summed E-state index contributed by atoms with van der Waals surface area (Å²) < 4.78 is -1.16. The minimum Gasteiger partial charge on any atom is -0.480 e. The molecule has 0 aliphatic rings. The van der Waals surface area contributed by atoms with E-state index in [1.165, 1.54) is 0 Å². The standard InChI is InChI=1S/C6H10O3S/c1-2-6(10,3-4-7)5(8)9/h4,10H,2-3H2,1H3,(H,8,9). The monoisotopic (exact) mass is 162 g/mol. The second-order valence-corrected chi connectivity index (χ2v) is 2.92. The average Bonchev–Trinajstić information content (AvgIpc) is 1.88. The van der Waals surface area contributed by atoms with Gasteiger partial charge < -0.3 is 9.90 Å². The lowest BCUT2D eigenvalue weighted by molar-refractivity contribution is -0.140. The molecule has 0 aliphatic carbocycles. The molecular weight excluding hydrogens is 152 g/mol. The van der Waals surface area contributed by atoms with Crippen molar-refractivity contribution >= 4 is 24.9 Å². The fourth-order valence-electron chi connectivity index (χ4n) is 0.521. The van der Waals surface area contributed by atoms with E-state index in [0.717, 1.165) is 0 Å². The van der Waals surface area contributed by atoms with E-state index < -0.39 is 10.7 Å². The number of hydrogen-bond acceptors (Lipinski definition) is 3. The summed E-state index contributed by atoms with van der Waals surface area (Å²) in [6.07, 6.45) is 0.886. The predicted molar refractivity (Wildman–Crippen MR) is 40.3 cm³/mol. The molecule has 1 unspecified atom stereocenters. The van der Waals surface area contributed by atoms with Crippen LogP contribution in [0.4, 0.5) is 0 Å². The van der Waals surface area contributed by atoms with Crippen LogP contribution in [0, 0.1) is 0 Å². The molecule has 3 nitrogen and oxygen atoms in total. The number of carboxylic acids is 1. The Bertz CT molecular complexity index is 146. The minimum absolute atomic E-state index is 0.0397. The highest BCUT2D eigenvalue weighted by molar-refractivity contribution is 7.82. The molecule has 0 aromatic rings. The Kier molecular flexibility index (Phi) is 3.42. The van der Waals surface area contributed by atoms with Gasteiger partial charge in [0.15, 0.2) is 0 Å². The van der Waals surface area contributed by atoms with E-state index in [1.807, 2.05) is 0 Å². The maximum atomic E-state index is 10.4. The number of rotatable bonds is 4. The summed E-state index contributed by atoms with van der Waals surface area (Å²) in [6, 6.07) is 0. The first-order valence-corrected chi connectivity index (χ1v) is 3.41. The quantitative estimate of drug-likeness (QED) is 0.473. The Hall–Kier alpha value is -0.510. The number of hydrogen-bond donors (Lipinski definition) is 2. The average molecular weight is 162 g/mol. The molecule has 0 aromatic carbocycles. The second kappa shape index (κ2) is 3.61. The van der Waals surface area contributed by atoms with Gasteiger partial charge in [-0.3, -0.25) is 4.79 Å². The number of carbonyl (C=O) groups is 2. The van der Waals surface area contributed by atoms with Crippen molar-refractivity contribution in [3.63, 3.8) is 0 Å². The van der Waals surface area contributed by atoms with Crippen LogP contribution in [-0.4, -0.2) is 22.1 Å². The smallest absolute Gasteiger partial charge is 0.319 e. The molecule has 10 heavy (non-hydrogen) atoms. The van der Waals surface area contributed by atoms with E-state index in [9.17, 15) is 9.59 Å². The molecule has 1 atom stereocenters. The number of carboxylic acid groups (broad SMARTS) is 1. The molecule has 0 bridgehead atoms. The van der Waals surface area contributed by atoms with Crippen molar-refractivity contribution in [2.45, 2.75) is 24.5 Å². The largest absolute Gasteiger partial charge is 0.480 e. The summed E-state index contributed by atoms with van der Waals surface area (Å²) in [7, 11) is 0. The summed E-state index contributed by atoms with van der Waals surface area (Å²) in [5.74, 6) is -1.04. The Labute approximate surface area is 64.8 Å². The molecule has 58 valence electrons. The molecule has 0 saturated carbocycles. The normalized spacial score (nSPS) is 15.8. The minimum atomic E-state index is -1.16. The van der Waals surface area contributed by atoms with Gasteiger partial charge in [-0.05, 0) is 6.42 Å². The van der Waals surface area contributed by atoms with Crippen molar-refractivity contribution in [2.24, 2.45) is 0 Å². The number of carbonyl (C=O) groups excluding carboxylic acids is 1. The zero-order chi connectivity index (χ0) is 8.20. The van der Waals surface area contributed by atoms with E-state index in [4.69, 9.17) is 5.11 Å². The maximum absolute atomic E-state index is 10.4. The molecule has 0 amide bonds. The van der Waals surface area contributed by atoms with E-state index in [1.54, 1.807) is 6.92 Å². The summed E-state index contributed by atoms with van der Waals surface area (Å²) in [4.78, 5) is 20.4. The van der Waals surface area contributed by atoms with Crippen molar-refractivity contribution in [3.8, 4) is 0 Å². The van der Waals surface area contributed by atoms with Gasteiger partial charge in [-0.1, -0.05) is 6.92 Å². The zero-order valence-corrected chi connectivity index (χ0v) is 6.60. The Morgan fingerprint density at radius 1 is 1.80 bits per heavy atom. The van der Waals surface area contributed by atoms with Crippen molar-refractivity contribution in [2.75, 3.05) is 0 Å². The van der Waals surface area contributed by atoms with Crippen molar-refractivity contribution in [1.29, 1.82) is 0 Å². The maximum Gasteiger partial charge on any atom is 0.319 e. The molecule has 0 aromatic heterocycles. The molecule has 0 rings (SSSR count). The van der Waals surface area contributed by atoms with E-state index in [-0.39, 0.29) is 6.42 Å². The lowest BCUT2D eigenvalue weighted by Crippen LogP contribution is -2.31. The van der Waals surface area contributed by atoms with Crippen LogP contribution in [0.3, 0.4) is 0 Å². The van der Waals surface area contributed by atoms with Gasteiger partial charge in [-0.15, -0.1) is 0 Å². The van der Waals surface area contributed by atoms with Crippen molar-refractivity contribution in [3.05, 3.63) is 0 Å². The molecule has 0 spiro atoms. The second-order valence-electron chi connectivity index (χ2n) is 2.06. The van der Waals surface area contributed by atoms with Gasteiger partial charge in [0.05, 0.1) is 0 Å². The molecule has 0 fully saturated rings. The van der Waals surface area contributed by atoms with Crippen LogP contribution in [0.5, 0.6) is 0 Å². The Balaban J connectivity index is 4.21. The van der Waals surface area contributed by atoms with Gasteiger partial charge in [-0.25, -0.2) is 0 Å². The van der Waals surface area contributed by atoms with Crippen LogP contribution in [0.1, 0.15) is 19.8 Å². The van der Waals surface area contributed by atoms with Crippen LogP contribution in [0.2, 0.25) is 0 Å². The summed E-state index contributed by atoms with van der Waals surface area (Å²) in [5, 5.41) is 8.53. The summed E-state index contributed by atoms with van der Waals surface area (Å²) in [6.45, 7) is 1.69. The van der Waals surface area contributed by atoms with Gasteiger partial charge in [0.2, 0.25) is 0 Å². The van der Waals surface area contributed by atoms with Crippen LogP contribution >= 0.6 is 12.6 Å². The lowest BCUT2D eigenvalue weighted by atomic mass is 10.0. The molecule has 1 N–H and O–H groups in total. The highest BCUT2D eigenvalue weighted by Crippen LogP contribution is 2.22.